The molecule has 1 atom stereocenters. The molecule has 0 aliphatic carbocycles. The van der Waals surface area contributed by atoms with Crippen molar-refractivity contribution in [3.05, 3.63) is 58.7 Å². The van der Waals surface area contributed by atoms with Gasteiger partial charge in [0.05, 0.1) is 17.7 Å². The molecule has 165 valence electrons. The average Bonchev–Trinajstić information content (AvgIpc) is 2.65. The first-order valence-electron chi connectivity index (χ1n) is 8.85. The molecule has 1 radical (unpaired) electrons. The number of carbonyl (C=O) groups excluding carboxylic acids is 1. The molecular formula is C20H19F6LiO3P. The summed E-state index contributed by atoms with van der Waals surface area (Å²) in [6, 6.07) is 6.15. The first-order valence-corrected chi connectivity index (χ1v) is 9.85. The van der Waals surface area contributed by atoms with Gasteiger partial charge in [0.1, 0.15) is 12.4 Å². The number of aryl methyl sites for hydroxylation is 1. The van der Waals surface area contributed by atoms with Crippen LogP contribution in [0, 0.1) is 6.92 Å². The van der Waals surface area contributed by atoms with E-state index in [0.717, 1.165) is 0 Å². The van der Waals surface area contributed by atoms with Gasteiger partial charge in [-0.25, -0.2) is 0 Å². The number of hydrogen-bond acceptors (Lipinski definition) is 3. The van der Waals surface area contributed by atoms with Crippen LogP contribution in [-0.4, -0.2) is 44.2 Å². The van der Waals surface area contributed by atoms with Crippen LogP contribution in [0.4, 0.5) is 26.3 Å². The fourth-order valence-corrected chi connectivity index (χ4v) is 3.76. The number of ether oxygens (including phenoxy) is 2. The van der Waals surface area contributed by atoms with E-state index in [1.165, 1.54) is 12.1 Å². The first kappa shape index (κ1) is 27.5. The fraction of sp³-hybridized carbons (Fsp3) is 0.350. The average molecular weight is 459 g/mol. The molecule has 0 heterocycles. The van der Waals surface area contributed by atoms with Crippen molar-refractivity contribution < 1.29 is 40.6 Å². The van der Waals surface area contributed by atoms with Crippen molar-refractivity contribution in [2.45, 2.75) is 26.2 Å². The SMILES string of the molecule is CCOCCOc1ccc(PC(=O)c2c(C(F)(F)F)cccc2C(F)(F)F)c(C)c1.[Li]. The van der Waals surface area contributed by atoms with Gasteiger partial charge >= 0.3 is 12.4 Å². The van der Waals surface area contributed by atoms with E-state index in [1.807, 2.05) is 6.92 Å². The molecule has 1 unspecified atom stereocenters. The smallest absolute Gasteiger partial charge is 0.417 e. The third-order valence-electron chi connectivity index (χ3n) is 4.05. The second-order valence-electron chi connectivity index (χ2n) is 6.20. The molecule has 0 saturated heterocycles. The third-order valence-corrected chi connectivity index (χ3v) is 5.36. The summed E-state index contributed by atoms with van der Waals surface area (Å²) in [4.78, 5) is 12.6. The van der Waals surface area contributed by atoms with E-state index < -0.39 is 43.1 Å². The molecule has 0 saturated carbocycles. The summed E-state index contributed by atoms with van der Waals surface area (Å²) >= 11 is 0. The summed E-state index contributed by atoms with van der Waals surface area (Å²) in [5.41, 5.74) is -5.25. The van der Waals surface area contributed by atoms with Crippen LogP contribution < -0.4 is 10.0 Å². The normalized spacial score (nSPS) is 12.1. The molecule has 0 N–H and O–H groups in total. The Bertz CT molecular complexity index is 867. The minimum Gasteiger partial charge on any atom is -0.491 e. The van der Waals surface area contributed by atoms with Crippen LogP contribution in [-0.2, 0) is 17.1 Å². The molecular weight excluding hydrogens is 440 g/mol. The Morgan fingerprint density at radius 1 is 0.968 bits per heavy atom. The summed E-state index contributed by atoms with van der Waals surface area (Å²) in [6.07, 6.45) is -10.2. The first-order chi connectivity index (χ1) is 13.9. The summed E-state index contributed by atoms with van der Waals surface area (Å²) in [5, 5.41) is 0.335. The zero-order valence-electron chi connectivity index (χ0n) is 17.1. The molecule has 0 bridgehead atoms. The second-order valence-corrected chi connectivity index (χ2v) is 7.44. The summed E-state index contributed by atoms with van der Waals surface area (Å²) in [6.45, 7) is 4.61. The van der Waals surface area contributed by atoms with Gasteiger partial charge < -0.3 is 9.47 Å². The van der Waals surface area contributed by atoms with Crippen LogP contribution in [0.1, 0.15) is 34.0 Å². The Balaban J connectivity index is 0.00000480. The molecule has 0 fully saturated rings. The Morgan fingerprint density at radius 3 is 2.03 bits per heavy atom. The molecule has 11 heteroatoms. The topological polar surface area (TPSA) is 35.5 Å². The van der Waals surface area contributed by atoms with Gasteiger partial charge in [0, 0.05) is 31.0 Å². The molecule has 2 rings (SSSR count). The summed E-state index contributed by atoms with van der Waals surface area (Å²) in [5.74, 6) is 0.458. The van der Waals surface area contributed by atoms with E-state index in [9.17, 15) is 31.1 Å². The van der Waals surface area contributed by atoms with Crippen molar-refractivity contribution in [2.75, 3.05) is 19.8 Å². The minimum atomic E-state index is -5.09. The number of rotatable bonds is 8. The van der Waals surface area contributed by atoms with E-state index in [4.69, 9.17) is 9.47 Å². The van der Waals surface area contributed by atoms with Crippen molar-refractivity contribution in [2.24, 2.45) is 0 Å². The van der Waals surface area contributed by atoms with Gasteiger partial charge in [-0.3, -0.25) is 4.79 Å². The van der Waals surface area contributed by atoms with E-state index in [0.29, 0.717) is 48.0 Å². The second kappa shape index (κ2) is 11.4. The molecule has 2 aromatic carbocycles. The van der Waals surface area contributed by atoms with E-state index in [-0.39, 0.29) is 25.5 Å². The standard InChI is InChI=1S/C20H19F6O3P.Li/c1-3-28-9-10-29-13-7-8-16(12(2)11-13)30-18(27)17-14(19(21,22)23)5-4-6-15(17)20(24,25)26;/h4-8,11,30H,3,9-10H2,1-2H3;. The van der Waals surface area contributed by atoms with Gasteiger partial charge in [-0.2, -0.15) is 26.3 Å². The Labute approximate surface area is 189 Å². The van der Waals surface area contributed by atoms with Gasteiger partial charge in [-0.15, -0.1) is 0 Å². The van der Waals surface area contributed by atoms with Gasteiger partial charge in [-0.1, -0.05) is 12.1 Å². The zero-order chi connectivity index (χ0) is 22.5. The Kier molecular flexibility index (Phi) is 10.1. The molecule has 0 aromatic heterocycles. The zero-order valence-corrected chi connectivity index (χ0v) is 18.1. The van der Waals surface area contributed by atoms with Gasteiger partial charge in [-0.05, 0) is 57.6 Å². The van der Waals surface area contributed by atoms with Crippen molar-refractivity contribution in [3.63, 3.8) is 0 Å². The molecule has 3 nitrogen and oxygen atoms in total. The molecule has 0 aliphatic rings. The monoisotopic (exact) mass is 459 g/mol. The van der Waals surface area contributed by atoms with Gasteiger partial charge in [0.25, 0.3) is 0 Å². The van der Waals surface area contributed by atoms with Gasteiger partial charge in [0.2, 0.25) is 0 Å². The van der Waals surface area contributed by atoms with Crippen molar-refractivity contribution in [1.29, 1.82) is 0 Å². The van der Waals surface area contributed by atoms with Crippen LogP contribution in [0.15, 0.2) is 36.4 Å². The van der Waals surface area contributed by atoms with Crippen LogP contribution in [0.2, 0.25) is 0 Å². The van der Waals surface area contributed by atoms with Crippen molar-refractivity contribution in [3.8, 4) is 5.75 Å². The number of alkyl halides is 6. The van der Waals surface area contributed by atoms with E-state index in [2.05, 4.69) is 0 Å². The van der Waals surface area contributed by atoms with Gasteiger partial charge in [0.15, 0.2) is 5.52 Å². The Hall–Kier alpha value is -1.52. The number of hydrogen-bond donors (Lipinski definition) is 0. The van der Waals surface area contributed by atoms with Crippen molar-refractivity contribution in [1.82, 2.24) is 0 Å². The predicted octanol–water partition coefficient (Wildman–Crippen LogP) is 5.21. The molecule has 0 spiro atoms. The Morgan fingerprint density at radius 2 is 1.55 bits per heavy atom. The van der Waals surface area contributed by atoms with Crippen molar-refractivity contribution >= 4 is 38.3 Å². The molecule has 0 aliphatic heterocycles. The quantitative estimate of drug-likeness (QED) is 0.235. The summed E-state index contributed by atoms with van der Waals surface area (Å²) in [7, 11) is -0.915. The van der Waals surface area contributed by atoms with E-state index >= 15 is 0 Å². The molecule has 31 heavy (non-hydrogen) atoms. The third kappa shape index (κ3) is 7.53. The van der Waals surface area contributed by atoms with Crippen LogP contribution in [0.25, 0.3) is 0 Å². The number of benzene rings is 2. The maximum absolute atomic E-state index is 13.3. The maximum Gasteiger partial charge on any atom is 0.417 e. The minimum absolute atomic E-state index is 0. The maximum atomic E-state index is 13.3. The summed E-state index contributed by atoms with van der Waals surface area (Å²) < 4.78 is 90.3. The predicted molar refractivity (Wildman–Crippen MR) is 108 cm³/mol. The molecule has 2 aromatic rings. The largest absolute Gasteiger partial charge is 0.491 e. The van der Waals surface area contributed by atoms with Crippen LogP contribution in [0.5, 0.6) is 5.75 Å². The number of halogens is 6. The van der Waals surface area contributed by atoms with Crippen LogP contribution in [0.3, 0.4) is 0 Å². The molecule has 0 amide bonds. The number of carbonyl (C=O) groups is 1. The fourth-order valence-electron chi connectivity index (χ4n) is 2.68. The van der Waals surface area contributed by atoms with Crippen LogP contribution >= 0.6 is 8.58 Å². The van der Waals surface area contributed by atoms with E-state index in [1.54, 1.807) is 13.0 Å².